The van der Waals surface area contributed by atoms with Crippen molar-refractivity contribution in [2.45, 2.75) is 25.4 Å². The first-order chi connectivity index (χ1) is 9.38. The zero-order chi connectivity index (χ0) is 13.3. The second-order valence-corrected chi connectivity index (χ2v) is 4.82. The molecule has 19 heavy (non-hydrogen) atoms. The number of benzene rings is 2. The van der Waals surface area contributed by atoms with Gasteiger partial charge < -0.3 is 11.1 Å². The van der Waals surface area contributed by atoms with Crippen molar-refractivity contribution < 1.29 is 0 Å². The summed E-state index contributed by atoms with van der Waals surface area (Å²) in [5.41, 5.74) is 8.52. The highest BCUT2D eigenvalue weighted by molar-refractivity contribution is 5.15. The van der Waals surface area contributed by atoms with Crippen molar-refractivity contribution in [2.75, 3.05) is 6.54 Å². The van der Waals surface area contributed by atoms with Crippen molar-refractivity contribution in [3.05, 3.63) is 71.8 Å². The molecular formula is C17H22N2. The van der Waals surface area contributed by atoms with E-state index < -0.39 is 0 Å². The topological polar surface area (TPSA) is 38.0 Å². The molecule has 2 heteroatoms. The van der Waals surface area contributed by atoms with Gasteiger partial charge in [-0.15, -0.1) is 0 Å². The molecule has 2 aromatic carbocycles. The molecule has 0 aliphatic rings. The average molecular weight is 254 g/mol. The van der Waals surface area contributed by atoms with Gasteiger partial charge in [-0.3, -0.25) is 0 Å². The standard InChI is InChI=1S/C17H22N2/c18-13-17(12-11-15-7-3-1-4-8-15)19-14-16-9-5-2-6-10-16/h1-10,17,19H,11-14,18H2. The first-order valence-electron chi connectivity index (χ1n) is 6.90. The van der Waals surface area contributed by atoms with Crippen LogP contribution in [0.4, 0.5) is 0 Å². The molecule has 2 rings (SSSR count). The molecule has 3 N–H and O–H groups in total. The van der Waals surface area contributed by atoms with Gasteiger partial charge in [-0.25, -0.2) is 0 Å². The van der Waals surface area contributed by atoms with E-state index in [0.29, 0.717) is 12.6 Å². The highest BCUT2D eigenvalue weighted by Crippen LogP contribution is 2.05. The fraction of sp³-hybridized carbons (Fsp3) is 0.294. The highest BCUT2D eigenvalue weighted by atomic mass is 14.9. The molecule has 1 atom stereocenters. The monoisotopic (exact) mass is 254 g/mol. The lowest BCUT2D eigenvalue weighted by Crippen LogP contribution is -2.36. The fourth-order valence-corrected chi connectivity index (χ4v) is 2.15. The highest BCUT2D eigenvalue weighted by Gasteiger charge is 2.06. The minimum atomic E-state index is 0.375. The summed E-state index contributed by atoms with van der Waals surface area (Å²) in [6, 6.07) is 21.4. The Labute approximate surface area is 115 Å². The quantitative estimate of drug-likeness (QED) is 0.797. The van der Waals surface area contributed by atoms with E-state index in [4.69, 9.17) is 5.73 Å². The van der Waals surface area contributed by atoms with Crippen LogP contribution in [-0.2, 0) is 13.0 Å². The molecule has 0 aliphatic heterocycles. The van der Waals surface area contributed by atoms with Crippen LogP contribution in [0, 0.1) is 0 Å². The van der Waals surface area contributed by atoms with Crippen molar-refractivity contribution in [2.24, 2.45) is 5.73 Å². The first-order valence-corrected chi connectivity index (χ1v) is 6.90. The Balaban J connectivity index is 1.77. The van der Waals surface area contributed by atoms with Crippen LogP contribution in [0.15, 0.2) is 60.7 Å². The minimum Gasteiger partial charge on any atom is -0.329 e. The SMILES string of the molecule is NCC(CCc1ccccc1)NCc1ccccc1. The maximum atomic E-state index is 5.84. The van der Waals surface area contributed by atoms with Crippen molar-refractivity contribution in [3.8, 4) is 0 Å². The smallest absolute Gasteiger partial charge is 0.0208 e. The van der Waals surface area contributed by atoms with Crippen LogP contribution in [0.1, 0.15) is 17.5 Å². The molecule has 0 amide bonds. The summed E-state index contributed by atoms with van der Waals surface area (Å²) in [6.45, 7) is 1.57. The number of nitrogens with one attached hydrogen (secondary N) is 1. The lowest BCUT2D eigenvalue weighted by Gasteiger charge is -2.17. The average Bonchev–Trinajstić information content (AvgIpc) is 2.49. The van der Waals surface area contributed by atoms with Crippen LogP contribution in [0.2, 0.25) is 0 Å². The lowest BCUT2D eigenvalue weighted by molar-refractivity contribution is 0.487. The summed E-state index contributed by atoms with van der Waals surface area (Å²) in [5.74, 6) is 0. The molecule has 100 valence electrons. The molecule has 0 fully saturated rings. The summed E-state index contributed by atoms with van der Waals surface area (Å²) in [6.07, 6.45) is 2.15. The molecule has 0 saturated heterocycles. The van der Waals surface area contributed by atoms with E-state index in [1.54, 1.807) is 0 Å². The Kier molecular flexibility index (Phi) is 5.60. The van der Waals surface area contributed by atoms with Crippen molar-refractivity contribution in [1.29, 1.82) is 0 Å². The zero-order valence-corrected chi connectivity index (χ0v) is 11.3. The van der Waals surface area contributed by atoms with Crippen molar-refractivity contribution >= 4 is 0 Å². The van der Waals surface area contributed by atoms with Crippen LogP contribution in [0.5, 0.6) is 0 Å². The molecule has 0 aromatic heterocycles. The van der Waals surface area contributed by atoms with Gasteiger partial charge in [-0.05, 0) is 24.0 Å². The van der Waals surface area contributed by atoms with E-state index >= 15 is 0 Å². The lowest BCUT2D eigenvalue weighted by atomic mass is 10.0. The maximum absolute atomic E-state index is 5.84. The molecule has 0 saturated carbocycles. The van der Waals surface area contributed by atoms with Gasteiger partial charge in [0.1, 0.15) is 0 Å². The zero-order valence-electron chi connectivity index (χ0n) is 11.3. The summed E-state index contributed by atoms with van der Waals surface area (Å²) in [4.78, 5) is 0. The number of rotatable bonds is 7. The Morgan fingerprint density at radius 2 is 1.42 bits per heavy atom. The fourth-order valence-electron chi connectivity index (χ4n) is 2.15. The van der Waals surface area contributed by atoms with Gasteiger partial charge >= 0.3 is 0 Å². The summed E-state index contributed by atoms with van der Waals surface area (Å²) in [7, 11) is 0. The van der Waals surface area contributed by atoms with Gasteiger partial charge in [0, 0.05) is 19.1 Å². The van der Waals surface area contributed by atoms with Crippen LogP contribution < -0.4 is 11.1 Å². The predicted molar refractivity (Wildman–Crippen MR) is 80.9 cm³/mol. The number of hydrogen-bond donors (Lipinski definition) is 2. The number of nitrogens with two attached hydrogens (primary N) is 1. The third-order valence-corrected chi connectivity index (χ3v) is 3.35. The summed E-state index contributed by atoms with van der Waals surface area (Å²) in [5, 5.41) is 3.53. The molecule has 0 bridgehead atoms. The maximum Gasteiger partial charge on any atom is 0.0208 e. The Bertz CT molecular complexity index is 410. The summed E-state index contributed by atoms with van der Waals surface area (Å²) < 4.78 is 0. The third kappa shape index (κ3) is 4.86. The van der Waals surface area contributed by atoms with Crippen LogP contribution in [-0.4, -0.2) is 12.6 Å². The Morgan fingerprint density at radius 3 is 2.00 bits per heavy atom. The van der Waals surface area contributed by atoms with Gasteiger partial charge in [-0.1, -0.05) is 60.7 Å². The normalized spacial score (nSPS) is 12.3. The minimum absolute atomic E-state index is 0.375. The molecule has 0 spiro atoms. The Morgan fingerprint density at radius 1 is 0.842 bits per heavy atom. The molecule has 2 aromatic rings. The van der Waals surface area contributed by atoms with E-state index in [2.05, 4.69) is 59.9 Å². The van der Waals surface area contributed by atoms with Crippen molar-refractivity contribution in [3.63, 3.8) is 0 Å². The molecule has 0 aliphatic carbocycles. The van der Waals surface area contributed by atoms with Gasteiger partial charge in [0.2, 0.25) is 0 Å². The Hall–Kier alpha value is -1.64. The van der Waals surface area contributed by atoms with Gasteiger partial charge in [-0.2, -0.15) is 0 Å². The largest absolute Gasteiger partial charge is 0.329 e. The van der Waals surface area contributed by atoms with Crippen molar-refractivity contribution in [1.82, 2.24) is 5.32 Å². The van der Waals surface area contributed by atoms with Gasteiger partial charge in [0.25, 0.3) is 0 Å². The molecule has 0 radical (unpaired) electrons. The van der Waals surface area contributed by atoms with E-state index in [1.165, 1.54) is 11.1 Å². The van der Waals surface area contributed by atoms with Gasteiger partial charge in [0.05, 0.1) is 0 Å². The molecular weight excluding hydrogens is 232 g/mol. The van der Waals surface area contributed by atoms with Crippen LogP contribution in [0.25, 0.3) is 0 Å². The molecule has 2 nitrogen and oxygen atoms in total. The van der Waals surface area contributed by atoms with Crippen LogP contribution in [0.3, 0.4) is 0 Å². The van der Waals surface area contributed by atoms with Crippen LogP contribution >= 0.6 is 0 Å². The van der Waals surface area contributed by atoms with E-state index in [1.807, 2.05) is 6.07 Å². The van der Waals surface area contributed by atoms with E-state index in [-0.39, 0.29) is 0 Å². The van der Waals surface area contributed by atoms with E-state index in [0.717, 1.165) is 19.4 Å². The predicted octanol–water partition coefficient (Wildman–Crippen LogP) is 2.74. The second-order valence-electron chi connectivity index (χ2n) is 4.82. The molecule has 0 heterocycles. The summed E-state index contributed by atoms with van der Waals surface area (Å²) >= 11 is 0. The first kappa shape index (κ1) is 13.8. The van der Waals surface area contributed by atoms with E-state index in [9.17, 15) is 0 Å². The number of hydrogen-bond acceptors (Lipinski definition) is 2. The van der Waals surface area contributed by atoms with Gasteiger partial charge in [0.15, 0.2) is 0 Å². The third-order valence-electron chi connectivity index (χ3n) is 3.35. The second kappa shape index (κ2) is 7.72. The number of aryl methyl sites for hydroxylation is 1. The molecule has 1 unspecified atom stereocenters.